The highest BCUT2D eigenvalue weighted by Crippen LogP contribution is 2.28. The Morgan fingerprint density at radius 2 is 2.11 bits per heavy atom. The average molecular weight is 279 g/mol. The molecule has 0 amide bonds. The molecule has 2 aromatic rings. The standard InChI is InChI=1S/C15H19ClN2O/c1-10(2)5-11-6-13(16)7-12-8-14(9-19)18(4-3-17)15(11)12/h6-10H,3-5,17H2,1-2H3. The molecule has 0 saturated carbocycles. The van der Waals surface area contributed by atoms with E-state index in [1.54, 1.807) is 0 Å². The van der Waals surface area contributed by atoms with Crippen LogP contribution in [0.3, 0.4) is 0 Å². The number of aldehydes is 1. The third kappa shape index (κ3) is 2.82. The van der Waals surface area contributed by atoms with Crippen LogP contribution in [0.15, 0.2) is 18.2 Å². The third-order valence-electron chi connectivity index (χ3n) is 3.17. The van der Waals surface area contributed by atoms with Gasteiger partial charge in [0.25, 0.3) is 0 Å². The van der Waals surface area contributed by atoms with Gasteiger partial charge in [-0.3, -0.25) is 4.79 Å². The smallest absolute Gasteiger partial charge is 0.166 e. The fourth-order valence-corrected chi connectivity index (χ4v) is 2.80. The Balaban J connectivity index is 2.70. The fourth-order valence-electron chi connectivity index (χ4n) is 2.55. The zero-order chi connectivity index (χ0) is 14.0. The molecule has 2 rings (SSSR count). The second kappa shape index (κ2) is 5.76. The Morgan fingerprint density at radius 1 is 1.37 bits per heavy atom. The normalized spacial score (nSPS) is 11.4. The van der Waals surface area contributed by atoms with E-state index in [-0.39, 0.29) is 0 Å². The molecule has 0 aliphatic rings. The molecule has 0 saturated heterocycles. The van der Waals surface area contributed by atoms with E-state index in [1.165, 1.54) is 5.56 Å². The van der Waals surface area contributed by atoms with Crippen LogP contribution < -0.4 is 5.73 Å². The van der Waals surface area contributed by atoms with Crippen molar-refractivity contribution in [3.8, 4) is 0 Å². The summed E-state index contributed by atoms with van der Waals surface area (Å²) in [6.45, 7) is 5.49. The van der Waals surface area contributed by atoms with Crippen molar-refractivity contribution in [3.05, 3.63) is 34.5 Å². The number of rotatable bonds is 5. The Morgan fingerprint density at radius 3 is 2.68 bits per heavy atom. The summed E-state index contributed by atoms with van der Waals surface area (Å²) in [5.74, 6) is 0.530. The second-order valence-corrected chi connectivity index (χ2v) is 5.66. The zero-order valence-electron chi connectivity index (χ0n) is 11.3. The molecule has 19 heavy (non-hydrogen) atoms. The highest BCUT2D eigenvalue weighted by Gasteiger charge is 2.13. The van der Waals surface area contributed by atoms with Crippen LogP contribution in [0.4, 0.5) is 0 Å². The number of carbonyl (C=O) groups excluding carboxylic acids is 1. The van der Waals surface area contributed by atoms with E-state index in [2.05, 4.69) is 13.8 Å². The van der Waals surface area contributed by atoms with Gasteiger partial charge in [-0.1, -0.05) is 25.4 Å². The summed E-state index contributed by atoms with van der Waals surface area (Å²) in [5.41, 5.74) is 8.58. The molecule has 1 aromatic carbocycles. The Kier molecular flexibility index (Phi) is 4.27. The molecule has 0 bridgehead atoms. The van der Waals surface area contributed by atoms with Crippen LogP contribution in [0.25, 0.3) is 10.9 Å². The number of halogens is 1. The van der Waals surface area contributed by atoms with Gasteiger partial charge in [0, 0.05) is 23.5 Å². The van der Waals surface area contributed by atoms with Gasteiger partial charge < -0.3 is 10.3 Å². The van der Waals surface area contributed by atoms with Crippen LogP contribution >= 0.6 is 11.6 Å². The van der Waals surface area contributed by atoms with E-state index < -0.39 is 0 Å². The molecule has 1 heterocycles. The van der Waals surface area contributed by atoms with Gasteiger partial charge in [-0.05, 0) is 36.1 Å². The van der Waals surface area contributed by atoms with Gasteiger partial charge in [0.05, 0.1) is 11.2 Å². The molecule has 1 aromatic heterocycles. The van der Waals surface area contributed by atoms with Gasteiger partial charge in [0.15, 0.2) is 6.29 Å². The van der Waals surface area contributed by atoms with E-state index in [1.807, 2.05) is 22.8 Å². The molecule has 0 spiro atoms. The molecule has 0 unspecified atom stereocenters. The van der Waals surface area contributed by atoms with Gasteiger partial charge >= 0.3 is 0 Å². The largest absolute Gasteiger partial charge is 0.337 e. The fraction of sp³-hybridized carbons (Fsp3) is 0.400. The van der Waals surface area contributed by atoms with Gasteiger partial charge in [-0.15, -0.1) is 0 Å². The number of fused-ring (bicyclic) bond motifs is 1. The predicted octanol–water partition coefficient (Wildman–Crippen LogP) is 3.26. The molecule has 102 valence electrons. The van der Waals surface area contributed by atoms with Crippen molar-refractivity contribution in [1.29, 1.82) is 0 Å². The first-order chi connectivity index (χ1) is 9.06. The molecular formula is C15H19ClN2O. The van der Waals surface area contributed by atoms with E-state index in [0.29, 0.717) is 29.7 Å². The van der Waals surface area contributed by atoms with Crippen LogP contribution in [0.1, 0.15) is 29.9 Å². The number of hydrogen-bond acceptors (Lipinski definition) is 2. The number of carbonyl (C=O) groups is 1. The Bertz CT molecular complexity index is 602. The van der Waals surface area contributed by atoms with Crippen molar-refractivity contribution < 1.29 is 4.79 Å². The van der Waals surface area contributed by atoms with Crippen molar-refractivity contribution in [2.45, 2.75) is 26.8 Å². The predicted molar refractivity (Wildman–Crippen MR) is 79.9 cm³/mol. The minimum Gasteiger partial charge on any atom is -0.337 e. The van der Waals surface area contributed by atoms with E-state index in [4.69, 9.17) is 17.3 Å². The summed E-state index contributed by atoms with van der Waals surface area (Å²) < 4.78 is 2.00. The molecule has 0 fully saturated rings. The van der Waals surface area contributed by atoms with Gasteiger partial charge in [0.1, 0.15) is 0 Å². The maximum absolute atomic E-state index is 11.2. The van der Waals surface area contributed by atoms with Crippen molar-refractivity contribution in [1.82, 2.24) is 4.57 Å². The van der Waals surface area contributed by atoms with E-state index in [9.17, 15) is 4.79 Å². The highest BCUT2D eigenvalue weighted by atomic mass is 35.5. The monoisotopic (exact) mass is 278 g/mol. The first kappa shape index (κ1) is 14.1. The number of benzene rings is 1. The van der Waals surface area contributed by atoms with Gasteiger partial charge in [-0.25, -0.2) is 0 Å². The number of aromatic nitrogens is 1. The molecule has 3 nitrogen and oxygen atoms in total. The van der Waals surface area contributed by atoms with Crippen LogP contribution in [-0.2, 0) is 13.0 Å². The minimum atomic E-state index is 0.508. The van der Waals surface area contributed by atoms with Crippen molar-refractivity contribution in [3.63, 3.8) is 0 Å². The lowest BCUT2D eigenvalue weighted by Gasteiger charge is -2.12. The quantitative estimate of drug-likeness (QED) is 0.854. The van der Waals surface area contributed by atoms with Crippen LogP contribution in [0, 0.1) is 5.92 Å². The Hall–Kier alpha value is -1.32. The SMILES string of the molecule is CC(C)Cc1cc(Cl)cc2cc(C=O)n(CCN)c12. The summed E-state index contributed by atoms with van der Waals surface area (Å²) in [5, 5.41) is 1.73. The van der Waals surface area contributed by atoms with Crippen molar-refractivity contribution in [2.75, 3.05) is 6.54 Å². The maximum atomic E-state index is 11.2. The van der Waals surface area contributed by atoms with Crippen LogP contribution in [-0.4, -0.2) is 17.4 Å². The first-order valence-electron chi connectivity index (χ1n) is 6.53. The van der Waals surface area contributed by atoms with E-state index >= 15 is 0 Å². The van der Waals surface area contributed by atoms with Gasteiger partial charge in [0.2, 0.25) is 0 Å². The zero-order valence-corrected chi connectivity index (χ0v) is 12.1. The number of nitrogens with zero attached hydrogens (tertiary/aromatic N) is 1. The summed E-state index contributed by atoms with van der Waals surface area (Å²) in [7, 11) is 0. The molecular weight excluding hydrogens is 260 g/mol. The summed E-state index contributed by atoms with van der Waals surface area (Å²) >= 11 is 6.17. The van der Waals surface area contributed by atoms with Crippen LogP contribution in [0.2, 0.25) is 5.02 Å². The lowest BCUT2D eigenvalue weighted by atomic mass is 10.0. The molecule has 0 aliphatic carbocycles. The molecule has 2 N–H and O–H groups in total. The second-order valence-electron chi connectivity index (χ2n) is 5.23. The summed E-state index contributed by atoms with van der Waals surface area (Å²) in [4.78, 5) is 11.2. The van der Waals surface area contributed by atoms with Crippen molar-refractivity contribution in [2.24, 2.45) is 11.7 Å². The molecule has 0 atom stereocenters. The number of hydrogen-bond donors (Lipinski definition) is 1. The number of nitrogens with two attached hydrogens (primary N) is 1. The van der Waals surface area contributed by atoms with Gasteiger partial charge in [-0.2, -0.15) is 0 Å². The van der Waals surface area contributed by atoms with Crippen LogP contribution in [0.5, 0.6) is 0 Å². The molecule has 0 aliphatic heterocycles. The first-order valence-corrected chi connectivity index (χ1v) is 6.91. The summed E-state index contributed by atoms with van der Waals surface area (Å²) in [6.07, 6.45) is 1.81. The molecule has 0 radical (unpaired) electrons. The third-order valence-corrected chi connectivity index (χ3v) is 3.39. The Labute approximate surface area is 118 Å². The maximum Gasteiger partial charge on any atom is 0.166 e. The lowest BCUT2D eigenvalue weighted by Crippen LogP contribution is -2.13. The average Bonchev–Trinajstić information content (AvgIpc) is 2.67. The lowest BCUT2D eigenvalue weighted by molar-refractivity contribution is 0.111. The van der Waals surface area contributed by atoms with E-state index in [0.717, 1.165) is 23.6 Å². The minimum absolute atomic E-state index is 0.508. The molecule has 4 heteroatoms. The topological polar surface area (TPSA) is 48.0 Å². The van der Waals surface area contributed by atoms with Crippen molar-refractivity contribution >= 4 is 28.8 Å². The highest BCUT2D eigenvalue weighted by molar-refractivity contribution is 6.31. The summed E-state index contributed by atoms with van der Waals surface area (Å²) in [6, 6.07) is 5.78.